The molecule has 3 atom stereocenters. The summed E-state index contributed by atoms with van der Waals surface area (Å²) in [5, 5.41) is 2.71. The molecule has 1 amide bonds. The molecule has 1 aliphatic carbocycles. The van der Waals surface area contributed by atoms with E-state index < -0.39 is 12.0 Å². The third-order valence-electron chi connectivity index (χ3n) is 3.82. The van der Waals surface area contributed by atoms with Crippen molar-refractivity contribution in [3.8, 4) is 0 Å². The van der Waals surface area contributed by atoms with E-state index in [-0.39, 0.29) is 17.9 Å². The van der Waals surface area contributed by atoms with Crippen LogP contribution in [0, 0.1) is 5.92 Å². The molecule has 0 radical (unpaired) electrons. The number of ether oxygens (including phenoxy) is 1. The van der Waals surface area contributed by atoms with Gasteiger partial charge < -0.3 is 15.8 Å². The molecule has 0 aliphatic heterocycles. The first kappa shape index (κ1) is 16.0. The molecule has 1 fully saturated rings. The van der Waals surface area contributed by atoms with Crippen molar-refractivity contribution in [2.45, 2.75) is 64.0 Å². The first-order valence-electron chi connectivity index (χ1n) is 7.20. The van der Waals surface area contributed by atoms with Gasteiger partial charge in [0.1, 0.15) is 6.04 Å². The van der Waals surface area contributed by atoms with Crippen LogP contribution in [0.5, 0.6) is 0 Å². The molecule has 3 unspecified atom stereocenters. The smallest absolute Gasteiger partial charge is 0.328 e. The standard InChI is InChI=1S/C14H26N2O3/c1-10(14(18)19-2)16-13(17)11-8-6-4-3-5-7-9-12(11)15/h10-12H,3-9,15H2,1-2H3,(H,16,17). The van der Waals surface area contributed by atoms with Crippen LogP contribution in [0.4, 0.5) is 0 Å². The molecule has 5 heteroatoms. The summed E-state index contributed by atoms with van der Waals surface area (Å²) < 4.78 is 4.61. The summed E-state index contributed by atoms with van der Waals surface area (Å²) in [7, 11) is 1.32. The Morgan fingerprint density at radius 2 is 1.74 bits per heavy atom. The zero-order valence-electron chi connectivity index (χ0n) is 12.0. The fourth-order valence-corrected chi connectivity index (χ4v) is 2.57. The molecule has 0 spiro atoms. The molecule has 0 bridgehead atoms. The number of hydrogen-bond donors (Lipinski definition) is 2. The van der Waals surface area contributed by atoms with Crippen LogP contribution in [0.15, 0.2) is 0 Å². The van der Waals surface area contributed by atoms with Crippen LogP contribution in [0.2, 0.25) is 0 Å². The highest BCUT2D eigenvalue weighted by molar-refractivity contribution is 5.85. The molecule has 1 aliphatic rings. The van der Waals surface area contributed by atoms with Crippen LogP contribution >= 0.6 is 0 Å². The Kier molecular flexibility index (Phi) is 6.84. The van der Waals surface area contributed by atoms with Gasteiger partial charge in [0, 0.05) is 6.04 Å². The van der Waals surface area contributed by atoms with Crippen molar-refractivity contribution < 1.29 is 14.3 Å². The van der Waals surface area contributed by atoms with E-state index in [4.69, 9.17) is 5.73 Å². The highest BCUT2D eigenvalue weighted by Crippen LogP contribution is 2.21. The number of rotatable bonds is 3. The van der Waals surface area contributed by atoms with Crippen molar-refractivity contribution in [3.63, 3.8) is 0 Å². The quantitative estimate of drug-likeness (QED) is 0.759. The van der Waals surface area contributed by atoms with Gasteiger partial charge in [-0.1, -0.05) is 32.1 Å². The highest BCUT2D eigenvalue weighted by Gasteiger charge is 2.28. The first-order valence-corrected chi connectivity index (χ1v) is 7.20. The molecule has 1 rings (SSSR count). The third kappa shape index (κ3) is 5.19. The van der Waals surface area contributed by atoms with Gasteiger partial charge in [-0.3, -0.25) is 4.79 Å². The van der Waals surface area contributed by atoms with Gasteiger partial charge in [-0.05, 0) is 19.8 Å². The van der Waals surface area contributed by atoms with E-state index in [1.807, 2.05) is 0 Å². The van der Waals surface area contributed by atoms with Gasteiger partial charge in [0.25, 0.3) is 0 Å². The van der Waals surface area contributed by atoms with E-state index in [0.29, 0.717) is 0 Å². The van der Waals surface area contributed by atoms with Gasteiger partial charge in [0.05, 0.1) is 13.0 Å². The summed E-state index contributed by atoms with van der Waals surface area (Å²) in [4.78, 5) is 23.5. The second-order valence-corrected chi connectivity index (χ2v) is 5.37. The average Bonchev–Trinajstić information content (AvgIpc) is 2.49. The summed E-state index contributed by atoms with van der Waals surface area (Å²) in [6.45, 7) is 1.63. The first-order chi connectivity index (χ1) is 9.06. The number of esters is 1. The molecule has 0 saturated heterocycles. The largest absolute Gasteiger partial charge is 0.467 e. The van der Waals surface area contributed by atoms with Crippen LogP contribution in [0.25, 0.3) is 0 Å². The fourth-order valence-electron chi connectivity index (χ4n) is 2.57. The minimum absolute atomic E-state index is 0.108. The predicted molar refractivity (Wildman–Crippen MR) is 73.4 cm³/mol. The van der Waals surface area contributed by atoms with Gasteiger partial charge in [-0.25, -0.2) is 4.79 Å². The second kappa shape index (κ2) is 8.15. The maximum atomic E-state index is 12.2. The van der Waals surface area contributed by atoms with Crippen LogP contribution < -0.4 is 11.1 Å². The van der Waals surface area contributed by atoms with E-state index in [2.05, 4.69) is 10.1 Å². The number of nitrogens with two attached hydrogens (primary N) is 1. The van der Waals surface area contributed by atoms with E-state index in [1.165, 1.54) is 20.0 Å². The topological polar surface area (TPSA) is 81.4 Å². The van der Waals surface area contributed by atoms with E-state index in [1.54, 1.807) is 6.92 Å². The van der Waals surface area contributed by atoms with Gasteiger partial charge >= 0.3 is 5.97 Å². The monoisotopic (exact) mass is 270 g/mol. The lowest BCUT2D eigenvalue weighted by Gasteiger charge is -2.23. The minimum atomic E-state index is -0.614. The normalized spacial score (nSPS) is 26.5. The lowest BCUT2D eigenvalue weighted by Crippen LogP contribution is -2.47. The zero-order valence-corrected chi connectivity index (χ0v) is 12.0. The number of nitrogens with one attached hydrogen (secondary N) is 1. The Bertz CT molecular complexity index is 307. The summed E-state index contributed by atoms with van der Waals surface area (Å²) in [5.41, 5.74) is 6.13. The third-order valence-corrected chi connectivity index (χ3v) is 3.82. The van der Waals surface area contributed by atoms with Crippen LogP contribution in [-0.4, -0.2) is 31.1 Å². The summed E-state index contributed by atoms with van der Waals surface area (Å²) in [6.07, 6.45) is 7.37. The van der Waals surface area contributed by atoms with Crippen molar-refractivity contribution >= 4 is 11.9 Å². The molecular formula is C14H26N2O3. The molecule has 0 aromatic rings. The van der Waals surface area contributed by atoms with E-state index in [9.17, 15) is 9.59 Å². The van der Waals surface area contributed by atoms with Gasteiger partial charge in [0.15, 0.2) is 0 Å². The molecule has 0 aromatic carbocycles. The van der Waals surface area contributed by atoms with Gasteiger partial charge in [0.2, 0.25) is 5.91 Å². The minimum Gasteiger partial charge on any atom is -0.467 e. The summed E-state index contributed by atoms with van der Waals surface area (Å²) in [5.74, 6) is -0.734. The predicted octanol–water partition coefficient (Wildman–Crippen LogP) is 1.35. The maximum absolute atomic E-state index is 12.2. The number of carbonyl (C=O) groups excluding carboxylic acids is 2. The number of amides is 1. The molecule has 5 nitrogen and oxygen atoms in total. The second-order valence-electron chi connectivity index (χ2n) is 5.37. The maximum Gasteiger partial charge on any atom is 0.328 e. The zero-order chi connectivity index (χ0) is 14.3. The lowest BCUT2D eigenvalue weighted by molar-refractivity contribution is -0.145. The lowest BCUT2D eigenvalue weighted by atomic mass is 9.91. The number of hydrogen-bond acceptors (Lipinski definition) is 4. The van der Waals surface area contributed by atoms with E-state index in [0.717, 1.165) is 32.1 Å². The molecule has 0 aromatic heterocycles. The molecule has 19 heavy (non-hydrogen) atoms. The Hall–Kier alpha value is -1.10. The summed E-state index contributed by atoms with van der Waals surface area (Å²) in [6, 6.07) is -0.722. The molecule has 0 heterocycles. The van der Waals surface area contributed by atoms with Gasteiger partial charge in [-0.2, -0.15) is 0 Å². The number of methoxy groups -OCH3 is 1. The average molecular weight is 270 g/mol. The van der Waals surface area contributed by atoms with E-state index >= 15 is 0 Å². The molecule has 110 valence electrons. The van der Waals surface area contributed by atoms with Crippen LogP contribution in [-0.2, 0) is 14.3 Å². The molecular weight excluding hydrogens is 244 g/mol. The van der Waals surface area contributed by atoms with Crippen molar-refractivity contribution in [1.29, 1.82) is 0 Å². The van der Waals surface area contributed by atoms with Crippen molar-refractivity contribution in [3.05, 3.63) is 0 Å². The summed E-state index contributed by atoms with van der Waals surface area (Å²) >= 11 is 0. The van der Waals surface area contributed by atoms with Gasteiger partial charge in [-0.15, -0.1) is 0 Å². The van der Waals surface area contributed by atoms with Crippen molar-refractivity contribution in [1.82, 2.24) is 5.32 Å². The Labute approximate surface area is 115 Å². The highest BCUT2D eigenvalue weighted by atomic mass is 16.5. The SMILES string of the molecule is COC(=O)C(C)NC(=O)C1CCCCCCCC1N. The van der Waals surface area contributed by atoms with Crippen LogP contribution in [0.1, 0.15) is 51.9 Å². The molecule has 1 saturated carbocycles. The molecule has 3 N–H and O–H groups in total. The Morgan fingerprint density at radius 3 is 2.37 bits per heavy atom. The Balaban J connectivity index is 2.57. The fraction of sp³-hybridized carbons (Fsp3) is 0.857. The van der Waals surface area contributed by atoms with Crippen LogP contribution in [0.3, 0.4) is 0 Å². The van der Waals surface area contributed by atoms with Crippen molar-refractivity contribution in [2.24, 2.45) is 11.7 Å². The van der Waals surface area contributed by atoms with Crippen molar-refractivity contribution in [2.75, 3.05) is 7.11 Å². The number of carbonyl (C=O) groups is 2. The Morgan fingerprint density at radius 1 is 1.16 bits per heavy atom.